The summed E-state index contributed by atoms with van der Waals surface area (Å²) >= 11 is 6.31. The van der Waals surface area contributed by atoms with Gasteiger partial charge in [0.1, 0.15) is 0 Å². The van der Waals surface area contributed by atoms with Crippen molar-refractivity contribution in [3.63, 3.8) is 0 Å². The van der Waals surface area contributed by atoms with Gasteiger partial charge in [-0.15, -0.1) is 0 Å². The van der Waals surface area contributed by atoms with Crippen LogP contribution in [0, 0.1) is 0 Å². The Hall–Kier alpha value is -1.12. The molecule has 0 bridgehead atoms. The number of nitrogens with zero attached hydrogens (tertiary/aromatic N) is 2. The van der Waals surface area contributed by atoms with Crippen molar-refractivity contribution in [1.29, 1.82) is 0 Å². The third-order valence-corrected chi connectivity index (χ3v) is 6.87. The zero-order valence-electron chi connectivity index (χ0n) is 12.0. The van der Waals surface area contributed by atoms with E-state index in [-0.39, 0.29) is 6.04 Å². The second-order valence-electron chi connectivity index (χ2n) is 5.27. The number of halogens is 1. The average molecular weight is 364 g/mol. The molecule has 0 fully saturated rings. The summed E-state index contributed by atoms with van der Waals surface area (Å²) in [5.74, 6) is 0. The summed E-state index contributed by atoms with van der Waals surface area (Å²) in [7, 11) is 4.28. The molecule has 4 heteroatoms. The first-order valence-electron chi connectivity index (χ1n) is 6.87. The molecule has 2 aromatic carbocycles. The Morgan fingerprint density at radius 2 is 1.67 bits per heavy atom. The molecule has 2 atom stereocenters. The van der Waals surface area contributed by atoms with Crippen molar-refractivity contribution in [3.05, 3.63) is 70.7 Å². The van der Waals surface area contributed by atoms with Crippen LogP contribution in [-0.4, -0.2) is 43.5 Å². The fraction of sp³-hybridized carbons (Fsp3) is 0.235. The summed E-state index contributed by atoms with van der Waals surface area (Å²) in [6, 6.07) is 18.8. The normalized spacial score (nSPS) is 21.6. The second kappa shape index (κ2) is 6.33. The molecule has 3 rings (SSSR count). The van der Waals surface area contributed by atoms with Gasteiger partial charge in [0.05, 0.1) is 0 Å². The van der Waals surface area contributed by atoms with Crippen molar-refractivity contribution in [3.8, 4) is 0 Å². The number of likely N-dealkylation sites (N-methyl/N-ethyl adjacent to an activating group) is 1. The molecular formula is C17H17ClN2Se. The van der Waals surface area contributed by atoms with Crippen molar-refractivity contribution < 1.29 is 0 Å². The van der Waals surface area contributed by atoms with Gasteiger partial charge in [0, 0.05) is 0 Å². The number of rotatable bonds is 3. The summed E-state index contributed by atoms with van der Waals surface area (Å²) in [5.41, 5.74) is 2.49. The molecule has 0 unspecified atom stereocenters. The molecule has 0 N–H and O–H groups in total. The van der Waals surface area contributed by atoms with Crippen molar-refractivity contribution in [2.75, 3.05) is 14.1 Å². The molecule has 0 spiro atoms. The van der Waals surface area contributed by atoms with Crippen molar-refractivity contribution in [2.45, 2.75) is 11.0 Å². The van der Waals surface area contributed by atoms with Gasteiger partial charge in [-0.2, -0.15) is 0 Å². The van der Waals surface area contributed by atoms with Gasteiger partial charge in [-0.1, -0.05) is 0 Å². The van der Waals surface area contributed by atoms with Gasteiger partial charge in [0.2, 0.25) is 0 Å². The van der Waals surface area contributed by atoms with Gasteiger partial charge >= 0.3 is 137 Å². The molecule has 0 aromatic heterocycles. The molecule has 108 valence electrons. The van der Waals surface area contributed by atoms with Crippen LogP contribution in [-0.2, 0) is 0 Å². The first-order chi connectivity index (χ1) is 10.1. The van der Waals surface area contributed by atoms with Crippen LogP contribution in [0.4, 0.5) is 0 Å². The average Bonchev–Trinajstić information content (AvgIpc) is 2.94. The van der Waals surface area contributed by atoms with E-state index in [9.17, 15) is 0 Å². The summed E-state index contributed by atoms with van der Waals surface area (Å²) in [6.45, 7) is 0. The van der Waals surface area contributed by atoms with E-state index in [1.54, 1.807) is 0 Å². The van der Waals surface area contributed by atoms with Gasteiger partial charge in [-0.05, 0) is 0 Å². The van der Waals surface area contributed by atoms with Crippen LogP contribution in [0.2, 0.25) is 5.02 Å². The van der Waals surface area contributed by atoms with E-state index in [1.807, 2.05) is 12.1 Å². The first kappa shape index (κ1) is 14.8. The molecule has 0 saturated heterocycles. The molecule has 0 amide bonds. The molecule has 0 radical (unpaired) electrons. The Labute approximate surface area is 137 Å². The van der Waals surface area contributed by atoms with Crippen LogP contribution in [0.3, 0.4) is 0 Å². The van der Waals surface area contributed by atoms with Crippen LogP contribution in [0.1, 0.15) is 17.2 Å². The first-order valence-corrected chi connectivity index (χ1v) is 9.09. The van der Waals surface area contributed by atoms with Crippen LogP contribution < -0.4 is 0 Å². The Morgan fingerprint density at radius 3 is 2.29 bits per heavy atom. The van der Waals surface area contributed by atoms with Crippen molar-refractivity contribution in [1.82, 2.24) is 4.90 Å². The predicted molar refractivity (Wildman–Crippen MR) is 90.4 cm³/mol. The quantitative estimate of drug-likeness (QED) is 0.763. The zero-order valence-corrected chi connectivity index (χ0v) is 14.5. The second-order valence-corrected chi connectivity index (χ2v) is 8.02. The third kappa shape index (κ3) is 3.22. The fourth-order valence-electron chi connectivity index (χ4n) is 2.41. The molecule has 2 nitrogen and oxygen atoms in total. The van der Waals surface area contributed by atoms with E-state index < -0.39 is 0 Å². The SMILES string of the molecule is CN(C)[C@H]1[Se]C(c2ccc(Cl)cc2)=N[C@@H]1c1ccccc1. The molecule has 21 heavy (non-hydrogen) atoms. The Morgan fingerprint density at radius 1 is 1.00 bits per heavy atom. The van der Waals surface area contributed by atoms with Crippen molar-refractivity contribution >= 4 is 31.2 Å². The van der Waals surface area contributed by atoms with Gasteiger partial charge in [0.25, 0.3) is 0 Å². The molecular weight excluding hydrogens is 347 g/mol. The van der Waals surface area contributed by atoms with E-state index >= 15 is 0 Å². The Bertz CT molecular complexity index is 638. The predicted octanol–water partition coefficient (Wildman–Crippen LogP) is 3.43. The molecule has 1 aliphatic rings. The molecule has 1 heterocycles. The summed E-state index contributed by atoms with van der Waals surface area (Å²) in [6.07, 6.45) is 0. The Balaban J connectivity index is 1.95. The third-order valence-electron chi connectivity index (χ3n) is 3.50. The van der Waals surface area contributed by atoms with E-state index in [0.717, 1.165) is 5.02 Å². The summed E-state index contributed by atoms with van der Waals surface area (Å²) in [4.78, 5) is 7.78. The van der Waals surface area contributed by atoms with E-state index in [4.69, 9.17) is 16.6 Å². The van der Waals surface area contributed by atoms with Gasteiger partial charge in [0.15, 0.2) is 0 Å². The molecule has 0 saturated carbocycles. The minimum absolute atomic E-state index is 0.229. The maximum absolute atomic E-state index is 5.98. The maximum atomic E-state index is 5.98. The van der Waals surface area contributed by atoms with E-state index in [0.29, 0.717) is 19.9 Å². The monoisotopic (exact) mass is 364 g/mol. The van der Waals surface area contributed by atoms with Crippen molar-refractivity contribution in [2.24, 2.45) is 4.99 Å². The van der Waals surface area contributed by atoms with Gasteiger partial charge < -0.3 is 0 Å². The number of aliphatic imine (C=N–C) groups is 1. The standard InChI is InChI=1S/C17H17ClN2Se/c1-20(2)17-15(12-6-4-3-5-7-12)19-16(21-17)13-8-10-14(18)11-9-13/h3-11,15,17H,1-2H3/t15-,17+/m1/s1. The zero-order chi connectivity index (χ0) is 14.8. The van der Waals surface area contributed by atoms with Crippen LogP contribution >= 0.6 is 11.6 Å². The molecule has 1 aliphatic heterocycles. The fourth-order valence-corrected chi connectivity index (χ4v) is 5.12. The summed E-state index contributed by atoms with van der Waals surface area (Å²) in [5, 5.41) is 0.772. The molecule has 0 aliphatic carbocycles. The summed E-state index contributed by atoms with van der Waals surface area (Å²) < 4.78 is 1.23. The molecule has 2 aromatic rings. The van der Waals surface area contributed by atoms with E-state index in [2.05, 4.69) is 61.5 Å². The number of hydrogen-bond acceptors (Lipinski definition) is 2. The van der Waals surface area contributed by atoms with Crippen LogP contribution in [0.5, 0.6) is 0 Å². The van der Waals surface area contributed by atoms with Gasteiger partial charge in [-0.25, -0.2) is 0 Å². The van der Waals surface area contributed by atoms with Gasteiger partial charge in [-0.3, -0.25) is 0 Å². The number of benzene rings is 2. The number of hydrogen-bond donors (Lipinski definition) is 0. The topological polar surface area (TPSA) is 15.6 Å². The van der Waals surface area contributed by atoms with E-state index in [1.165, 1.54) is 15.7 Å². The minimum atomic E-state index is 0.229. The Kier molecular flexibility index (Phi) is 4.46. The van der Waals surface area contributed by atoms with Crippen LogP contribution in [0.25, 0.3) is 0 Å². The van der Waals surface area contributed by atoms with Crippen LogP contribution in [0.15, 0.2) is 59.6 Å².